The number of likely N-dealkylation sites (N-methyl/N-ethyl adjacent to an activating group) is 1. The van der Waals surface area contributed by atoms with E-state index in [1.54, 1.807) is 0 Å². The number of nitrogens with one attached hydrogen (secondary N) is 1. The van der Waals surface area contributed by atoms with Gasteiger partial charge in [-0.25, -0.2) is 9.38 Å². The molecule has 176 valence electrons. The molecule has 31 heavy (non-hydrogen) atoms. The summed E-state index contributed by atoms with van der Waals surface area (Å²) in [6, 6.07) is 3.79. The Kier molecular flexibility index (Phi) is 8.75. The third-order valence-corrected chi connectivity index (χ3v) is 4.96. The third kappa shape index (κ3) is 5.42. The number of rotatable bonds is 7. The van der Waals surface area contributed by atoms with Crippen LogP contribution in [-0.2, 0) is 4.79 Å². The van der Waals surface area contributed by atoms with Crippen molar-refractivity contribution in [1.82, 2.24) is 10.2 Å². The van der Waals surface area contributed by atoms with E-state index >= 15 is 0 Å². The number of aliphatic imine (C=N–C) groups is 1. The first-order valence-corrected chi connectivity index (χ1v) is 9.36. The van der Waals surface area contributed by atoms with Gasteiger partial charge in [0, 0.05) is 19.0 Å². The van der Waals surface area contributed by atoms with Crippen molar-refractivity contribution in [3.63, 3.8) is 0 Å². The maximum atomic E-state index is 13.8. The molecule has 0 saturated carbocycles. The zero-order valence-electron chi connectivity index (χ0n) is 16.8. The summed E-state index contributed by atoms with van der Waals surface area (Å²) < 4.78 is 96.1. The average Bonchev–Trinajstić information content (AvgIpc) is 3.07. The number of nitrogens with zero attached hydrogens (tertiary/aromatic N) is 2. The molecule has 0 bridgehead atoms. The van der Waals surface area contributed by atoms with Gasteiger partial charge in [0.25, 0.3) is 5.54 Å². The lowest BCUT2D eigenvalue weighted by Gasteiger charge is -2.39. The minimum Gasteiger partial charge on any atom is -0.347 e. The van der Waals surface area contributed by atoms with Crippen LogP contribution in [0.4, 0.5) is 30.7 Å². The molecule has 4 nitrogen and oxygen atoms in total. The Morgan fingerprint density at radius 2 is 1.61 bits per heavy atom. The van der Waals surface area contributed by atoms with Gasteiger partial charge in [0.05, 0.1) is 0 Å². The molecule has 1 unspecified atom stereocenters. The lowest BCUT2D eigenvalue weighted by molar-refractivity contribution is -0.306. The van der Waals surface area contributed by atoms with Gasteiger partial charge in [-0.15, -0.1) is 12.4 Å². The number of hydrogen-bond donors (Lipinski definition) is 1. The van der Waals surface area contributed by atoms with Crippen LogP contribution in [0, 0.1) is 5.82 Å². The van der Waals surface area contributed by atoms with Gasteiger partial charge in [0.15, 0.2) is 0 Å². The zero-order chi connectivity index (χ0) is 22.7. The van der Waals surface area contributed by atoms with Crippen LogP contribution in [0.2, 0.25) is 0 Å². The second-order valence-electron chi connectivity index (χ2n) is 7.09. The second kappa shape index (κ2) is 10.1. The average molecular weight is 478 g/mol. The number of carbonyl (C=O) groups is 1. The monoisotopic (exact) mass is 477 g/mol. The lowest BCUT2D eigenvalue weighted by Crippen LogP contribution is -2.68. The van der Waals surface area contributed by atoms with E-state index in [9.17, 15) is 35.5 Å². The first-order chi connectivity index (χ1) is 13.8. The Balaban J connectivity index is 0.00000480. The number of halogens is 8. The molecule has 0 radical (unpaired) electrons. The molecule has 1 amide bonds. The van der Waals surface area contributed by atoms with Gasteiger partial charge < -0.3 is 10.2 Å². The van der Waals surface area contributed by atoms with Crippen molar-refractivity contribution in [2.24, 2.45) is 4.99 Å². The number of hydrogen-bond acceptors (Lipinski definition) is 3. The summed E-state index contributed by atoms with van der Waals surface area (Å²) in [5.41, 5.74) is -4.72. The lowest BCUT2D eigenvalue weighted by atomic mass is 9.94. The van der Waals surface area contributed by atoms with E-state index in [0.29, 0.717) is 17.7 Å². The normalized spacial score (nSPS) is 18.1. The van der Waals surface area contributed by atoms with Crippen molar-refractivity contribution in [3.05, 3.63) is 35.6 Å². The summed E-state index contributed by atoms with van der Waals surface area (Å²) in [4.78, 5) is 15.8. The molecular formula is C19H23ClF7N3O. The van der Waals surface area contributed by atoms with Gasteiger partial charge in [-0.3, -0.25) is 4.79 Å². The van der Waals surface area contributed by atoms with E-state index < -0.39 is 41.6 Å². The first kappa shape index (κ1) is 27.0. The molecule has 1 atom stereocenters. The minimum absolute atomic E-state index is 0. The summed E-state index contributed by atoms with van der Waals surface area (Å²) in [7, 11) is 0.884. The third-order valence-electron chi connectivity index (χ3n) is 4.96. The Morgan fingerprint density at radius 1 is 1.06 bits per heavy atom. The van der Waals surface area contributed by atoms with E-state index in [2.05, 4.69) is 10.3 Å². The van der Waals surface area contributed by atoms with Crippen molar-refractivity contribution in [3.8, 4) is 0 Å². The van der Waals surface area contributed by atoms with Crippen molar-refractivity contribution in [2.75, 3.05) is 7.05 Å². The second-order valence-corrected chi connectivity index (χ2v) is 7.09. The topological polar surface area (TPSA) is 44.7 Å². The van der Waals surface area contributed by atoms with Gasteiger partial charge >= 0.3 is 12.4 Å². The number of benzene rings is 1. The van der Waals surface area contributed by atoms with Gasteiger partial charge in [-0.05, 0) is 30.7 Å². The zero-order valence-corrected chi connectivity index (χ0v) is 17.6. The fourth-order valence-corrected chi connectivity index (χ4v) is 3.26. The molecule has 0 fully saturated rings. The molecule has 12 heteroatoms. The van der Waals surface area contributed by atoms with E-state index in [-0.39, 0.29) is 24.4 Å². The van der Waals surface area contributed by atoms with Crippen LogP contribution in [0.5, 0.6) is 0 Å². The van der Waals surface area contributed by atoms with Crippen molar-refractivity contribution >= 4 is 24.1 Å². The Morgan fingerprint density at radius 3 is 2.10 bits per heavy atom. The van der Waals surface area contributed by atoms with Crippen LogP contribution in [0.3, 0.4) is 0 Å². The number of alkyl halides is 6. The fraction of sp³-hybridized carbons (Fsp3) is 0.579. The van der Waals surface area contributed by atoms with Crippen LogP contribution in [0.15, 0.2) is 29.3 Å². The van der Waals surface area contributed by atoms with Crippen LogP contribution < -0.4 is 5.32 Å². The highest BCUT2D eigenvalue weighted by Gasteiger charge is 2.78. The summed E-state index contributed by atoms with van der Waals surface area (Å²) in [5, 5.41) is 2.11. The summed E-state index contributed by atoms with van der Waals surface area (Å²) in [6.45, 7) is 1.92. The van der Waals surface area contributed by atoms with Crippen molar-refractivity contribution in [2.45, 2.75) is 63.1 Å². The van der Waals surface area contributed by atoms with Crippen LogP contribution in [0.1, 0.15) is 44.6 Å². The Labute approximate surface area is 181 Å². The molecular weight excluding hydrogens is 455 g/mol. The highest BCUT2D eigenvalue weighted by atomic mass is 35.5. The minimum atomic E-state index is -5.85. The summed E-state index contributed by atoms with van der Waals surface area (Å²) in [6.07, 6.45) is -11.8. The van der Waals surface area contributed by atoms with Gasteiger partial charge in [-0.2, -0.15) is 26.3 Å². The number of amidine groups is 1. The predicted octanol–water partition coefficient (Wildman–Crippen LogP) is 5.22. The molecule has 1 aliphatic heterocycles. The number of carbonyl (C=O) groups excluding carboxylic acids is 1. The van der Waals surface area contributed by atoms with Crippen molar-refractivity contribution < 1.29 is 35.5 Å². The maximum absolute atomic E-state index is 13.8. The number of unbranched alkanes of at least 4 members (excludes halogenated alkanes) is 3. The Hall–Kier alpha value is -2.04. The van der Waals surface area contributed by atoms with Gasteiger partial charge in [-0.1, -0.05) is 26.2 Å². The largest absolute Gasteiger partial charge is 0.426 e. The van der Waals surface area contributed by atoms with E-state index in [4.69, 9.17) is 0 Å². The Bertz CT molecular complexity index is 764. The summed E-state index contributed by atoms with van der Waals surface area (Å²) >= 11 is 0. The molecule has 1 N–H and O–H groups in total. The van der Waals surface area contributed by atoms with Crippen LogP contribution in [0.25, 0.3) is 0 Å². The maximum Gasteiger partial charge on any atom is 0.426 e. The van der Waals surface area contributed by atoms with Gasteiger partial charge in [0.2, 0.25) is 5.91 Å². The quantitative estimate of drug-likeness (QED) is 0.432. The highest BCUT2D eigenvalue weighted by Crippen LogP contribution is 2.51. The molecule has 1 heterocycles. The van der Waals surface area contributed by atoms with E-state index in [1.807, 2.05) is 6.92 Å². The standard InChI is InChI=1S/C19H22F7N3O.ClH/c1-3-4-5-6-7-14(30)29(2)16-17(18(21,22)23,19(24,25)26)28-15(27-16)12-8-10-13(20)11-9-12;/h8-11,16H,3-7H2,1-2H3,(H,27,28);1H. The van der Waals surface area contributed by atoms with E-state index in [0.717, 1.165) is 44.2 Å². The molecule has 1 aliphatic rings. The van der Waals surface area contributed by atoms with Crippen molar-refractivity contribution in [1.29, 1.82) is 0 Å². The molecule has 0 saturated heterocycles. The summed E-state index contributed by atoms with van der Waals surface area (Å²) in [5.74, 6) is -2.30. The SMILES string of the molecule is CCCCCCC(=O)N(C)C1NC(c2ccc(F)cc2)=NC1(C(F)(F)F)C(F)(F)F.Cl. The molecule has 2 rings (SSSR count). The fourth-order valence-electron chi connectivity index (χ4n) is 3.26. The molecule has 0 aliphatic carbocycles. The number of amides is 1. The molecule has 1 aromatic rings. The van der Waals surface area contributed by atoms with Crippen LogP contribution >= 0.6 is 12.4 Å². The molecule has 0 aromatic heterocycles. The highest BCUT2D eigenvalue weighted by molar-refractivity contribution is 6.01. The van der Waals surface area contributed by atoms with Crippen LogP contribution in [-0.4, -0.2) is 47.7 Å². The van der Waals surface area contributed by atoms with Gasteiger partial charge in [0.1, 0.15) is 17.8 Å². The first-order valence-electron chi connectivity index (χ1n) is 9.36. The predicted molar refractivity (Wildman–Crippen MR) is 103 cm³/mol. The molecule has 0 spiro atoms. The molecule has 1 aromatic carbocycles. The van der Waals surface area contributed by atoms with E-state index in [1.165, 1.54) is 0 Å². The smallest absolute Gasteiger partial charge is 0.347 e.